The molecule has 1 aromatic rings. The van der Waals surface area contributed by atoms with E-state index in [2.05, 4.69) is 62.4 Å². The Morgan fingerprint density at radius 3 is 2.68 bits per heavy atom. The fourth-order valence-electron chi connectivity index (χ4n) is 2.68. The van der Waals surface area contributed by atoms with Gasteiger partial charge < -0.3 is 24.8 Å². The number of hydrogen-bond donors (Lipinski definition) is 0. The molecule has 3 heteroatoms. The zero-order chi connectivity index (χ0) is 11.9. The van der Waals surface area contributed by atoms with Gasteiger partial charge in [-0.2, -0.15) is 0 Å². The number of rotatable bonds is 2. The van der Waals surface area contributed by atoms with E-state index in [9.17, 15) is 0 Å². The molecule has 0 saturated heterocycles. The van der Waals surface area contributed by atoms with Crippen LogP contribution in [0.15, 0.2) is 45.8 Å². The molecule has 0 saturated carbocycles. The van der Waals surface area contributed by atoms with E-state index in [4.69, 9.17) is 0 Å². The van der Waals surface area contributed by atoms with E-state index in [1.807, 2.05) is 0 Å². The topological polar surface area (TPSA) is 0 Å². The van der Waals surface area contributed by atoms with Gasteiger partial charge in [-0.25, -0.2) is 0 Å². The maximum Gasteiger partial charge on any atom is -1.00 e. The zero-order valence-corrected chi connectivity index (χ0v) is 15.1. The van der Waals surface area contributed by atoms with Crippen molar-refractivity contribution < 1.29 is 48.0 Å². The van der Waals surface area contributed by atoms with Crippen LogP contribution >= 0.6 is 0 Å². The summed E-state index contributed by atoms with van der Waals surface area (Å²) in [5, 5.41) is 0. The molecule has 0 bridgehead atoms. The average molecular weight is 370 g/mol. The molecule has 1 atom stereocenters. The van der Waals surface area contributed by atoms with Gasteiger partial charge in [-0.15, -0.1) is 0 Å². The van der Waals surface area contributed by atoms with Gasteiger partial charge >= 0.3 is 115 Å². The van der Waals surface area contributed by atoms with Crippen molar-refractivity contribution in [1.82, 2.24) is 0 Å². The maximum atomic E-state index is 2.45. The predicted octanol–water partition coefficient (Wildman–Crippen LogP) is -1.83. The van der Waals surface area contributed by atoms with Crippen LogP contribution in [0.1, 0.15) is 30.0 Å². The van der Waals surface area contributed by atoms with Gasteiger partial charge in [-0.05, 0) is 0 Å². The standard InChI is InChI=1S/C11H11.C5H5.2ClH.Zr/c1-8-4-3-5-10-9(2)6-7-11(8)10;1-2-4-5-3-1;;;/h3-7H,1-2H3;1-3H,4H2;2*1H;/q;;;;+2/p-2. The molecule has 19 heavy (non-hydrogen) atoms. The molecule has 3 rings (SSSR count). The van der Waals surface area contributed by atoms with Gasteiger partial charge in [0.05, 0.1) is 0 Å². The fourth-order valence-corrected chi connectivity index (χ4v) is 6.58. The van der Waals surface area contributed by atoms with Gasteiger partial charge in [0, 0.05) is 0 Å². The molecule has 2 aliphatic rings. The molecule has 0 spiro atoms. The molecule has 0 aromatic heterocycles. The molecule has 0 radical (unpaired) electrons. The summed E-state index contributed by atoms with van der Waals surface area (Å²) < 4.78 is 2.08. The number of fused-ring (bicyclic) bond motifs is 1. The molecule has 0 fully saturated rings. The Balaban J connectivity index is 0.000000902. The third-order valence-corrected chi connectivity index (χ3v) is 7.71. The van der Waals surface area contributed by atoms with Crippen molar-refractivity contribution in [3.05, 3.63) is 62.5 Å². The van der Waals surface area contributed by atoms with E-state index in [0.29, 0.717) is 3.12 Å². The summed E-state index contributed by atoms with van der Waals surface area (Å²) in [5.41, 5.74) is 4.46. The van der Waals surface area contributed by atoms with Crippen LogP contribution in [0, 0.1) is 6.92 Å². The Kier molecular flexibility index (Phi) is 5.86. The third-order valence-electron chi connectivity index (χ3n) is 3.66. The van der Waals surface area contributed by atoms with E-state index in [-0.39, 0.29) is 24.8 Å². The van der Waals surface area contributed by atoms with Gasteiger partial charge in [0.25, 0.3) is 0 Å². The minimum Gasteiger partial charge on any atom is -1.00 e. The molecule has 98 valence electrons. The Bertz CT molecular complexity index is 558. The number of allylic oxidation sites excluding steroid dienone is 5. The first kappa shape index (κ1) is 17.0. The Morgan fingerprint density at radius 2 is 2.00 bits per heavy atom. The van der Waals surface area contributed by atoms with Gasteiger partial charge in [0.2, 0.25) is 0 Å². The molecular weight excluding hydrogens is 354 g/mol. The predicted molar refractivity (Wildman–Crippen MR) is 69.4 cm³/mol. The summed E-state index contributed by atoms with van der Waals surface area (Å²) in [6.45, 7) is 4.65. The van der Waals surface area contributed by atoms with Crippen molar-refractivity contribution in [3.63, 3.8) is 0 Å². The van der Waals surface area contributed by atoms with Gasteiger partial charge in [-0.3, -0.25) is 0 Å². The molecule has 0 aliphatic heterocycles. The normalized spacial score (nSPS) is 22.1. The van der Waals surface area contributed by atoms with E-state index in [1.165, 1.54) is 17.5 Å². The first-order valence-corrected chi connectivity index (χ1v) is 8.58. The van der Waals surface area contributed by atoms with Crippen LogP contribution in [-0.4, -0.2) is 0 Å². The molecular formula is C16H16Cl2Zr. The van der Waals surface area contributed by atoms with E-state index >= 15 is 0 Å². The van der Waals surface area contributed by atoms with Crippen molar-refractivity contribution in [2.24, 2.45) is 0 Å². The smallest absolute Gasteiger partial charge is 1.00 e. The molecule has 2 aliphatic carbocycles. The van der Waals surface area contributed by atoms with Crippen molar-refractivity contribution >= 4 is 6.08 Å². The summed E-state index contributed by atoms with van der Waals surface area (Å²) in [6, 6.07) is 6.75. The monoisotopic (exact) mass is 368 g/mol. The molecule has 0 N–H and O–H groups in total. The van der Waals surface area contributed by atoms with Crippen LogP contribution in [0.5, 0.6) is 0 Å². The first-order valence-electron chi connectivity index (χ1n) is 6.12. The SMILES string of the molecule is Cc1cccc2c1C=C[C]2(C)[Zr+2][C]1=CC=CC1.[Cl-].[Cl-]. The third kappa shape index (κ3) is 3.15. The Morgan fingerprint density at radius 1 is 1.21 bits per heavy atom. The van der Waals surface area contributed by atoms with Crippen molar-refractivity contribution in [1.29, 1.82) is 0 Å². The zero-order valence-electron chi connectivity index (χ0n) is 11.1. The van der Waals surface area contributed by atoms with Crippen molar-refractivity contribution in [3.8, 4) is 0 Å². The molecule has 1 unspecified atom stereocenters. The largest absolute Gasteiger partial charge is 1.00 e. The molecule has 0 amide bonds. The number of hydrogen-bond acceptors (Lipinski definition) is 0. The molecule has 0 nitrogen and oxygen atoms in total. The summed E-state index contributed by atoms with van der Waals surface area (Å²) in [5.74, 6) is 0. The summed E-state index contributed by atoms with van der Waals surface area (Å²) >= 11 is -0.557. The average Bonchev–Trinajstić information content (AvgIpc) is 2.90. The number of benzene rings is 1. The van der Waals surface area contributed by atoms with Crippen molar-refractivity contribution in [2.75, 3.05) is 0 Å². The van der Waals surface area contributed by atoms with Crippen molar-refractivity contribution in [2.45, 2.75) is 23.4 Å². The van der Waals surface area contributed by atoms with Crippen LogP contribution in [-0.2, 0) is 26.4 Å². The second kappa shape index (κ2) is 6.57. The second-order valence-electron chi connectivity index (χ2n) is 5.02. The summed E-state index contributed by atoms with van der Waals surface area (Å²) in [4.78, 5) is 0. The second-order valence-corrected chi connectivity index (χ2v) is 9.77. The molecule has 1 aromatic carbocycles. The van der Waals surface area contributed by atoms with Gasteiger partial charge in [0.1, 0.15) is 0 Å². The molecule has 0 heterocycles. The fraction of sp³-hybridized carbons (Fsp3) is 0.250. The van der Waals surface area contributed by atoms with E-state index in [0.717, 1.165) is 0 Å². The van der Waals surface area contributed by atoms with Gasteiger partial charge in [-0.1, -0.05) is 0 Å². The van der Waals surface area contributed by atoms with Crippen LogP contribution in [0.2, 0.25) is 0 Å². The minimum absolute atomic E-state index is 0. The Hall–Kier alpha value is -0.0969. The Labute approximate surface area is 139 Å². The van der Waals surface area contributed by atoms with Crippen LogP contribution in [0.3, 0.4) is 0 Å². The maximum absolute atomic E-state index is 2.45. The van der Waals surface area contributed by atoms with Crippen LogP contribution in [0.4, 0.5) is 0 Å². The quantitative estimate of drug-likeness (QED) is 0.575. The first-order chi connectivity index (χ1) is 8.19. The number of halogens is 2. The van der Waals surface area contributed by atoms with Crippen LogP contribution < -0.4 is 24.8 Å². The minimum atomic E-state index is -0.557. The summed E-state index contributed by atoms with van der Waals surface area (Å²) in [7, 11) is 0. The number of aryl methyl sites for hydroxylation is 1. The van der Waals surface area contributed by atoms with Crippen LogP contribution in [0.25, 0.3) is 6.08 Å². The van der Waals surface area contributed by atoms with Gasteiger partial charge in [0.15, 0.2) is 0 Å². The summed E-state index contributed by atoms with van der Waals surface area (Å²) in [6.07, 6.45) is 12.9. The van der Waals surface area contributed by atoms with E-state index < -0.39 is 23.2 Å². The van der Waals surface area contributed by atoms with E-state index in [1.54, 1.807) is 8.84 Å².